The number of pyridine rings is 1. The molecule has 38 heavy (non-hydrogen) atoms. The van der Waals surface area contributed by atoms with E-state index >= 15 is 0 Å². The average Bonchev–Trinajstić information content (AvgIpc) is 2.89. The number of aromatic nitrogens is 1. The number of carbonyl (C=O) groups excluding carboxylic acids is 2. The Bertz CT molecular complexity index is 1130. The number of rotatable bonds is 12. The van der Waals surface area contributed by atoms with Gasteiger partial charge in [0.05, 0.1) is 0 Å². The van der Waals surface area contributed by atoms with Crippen molar-refractivity contribution in [2.24, 2.45) is 0 Å². The number of alkyl carbamates (subject to hydrolysis) is 1. The number of aryl methyl sites for hydroxylation is 1. The third-order valence-electron chi connectivity index (χ3n) is 6.23. The Hall–Kier alpha value is -3.67. The largest absolute Gasteiger partial charge is 0.444 e. The molecule has 6 nitrogen and oxygen atoms in total. The molecule has 0 spiro atoms. The quantitative estimate of drug-likeness (QED) is 0.289. The smallest absolute Gasteiger partial charge is 0.408 e. The predicted molar refractivity (Wildman–Crippen MR) is 153 cm³/mol. The van der Waals surface area contributed by atoms with E-state index in [-0.39, 0.29) is 11.9 Å². The molecule has 3 aromatic rings. The van der Waals surface area contributed by atoms with Crippen LogP contribution >= 0.6 is 0 Å². The van der Waals surface area contributed by atoms with E-state index in [9.17, 15) is 9.59 Å². The van der Waals surface area contributed by atoms with Crippen molar-refractivity contribution < 1.29 is 14.3 Å². The van der Waals surface area contributed by atoms with Crippen molar-refractivity contribution in [3.05, 3.63) is 90.3 Å². The van der Waals surface area contributed by atoms with Crippen LogP contribution in [0.3, 0.4) is 0 Å². The number of ether oxygens (including phenoxy) is 1. The molecular formula is C32H41N3O3. The first-order chi connectivity index (χ1) is 18.2. The van der Waals surface area contributed by atoms with Crippen LogP contribution in [0.1, 0.15) is 64.5 Å². The molecular weight excluding hydrogens is 474 g/mol. The van der Waals surface area contributed by atoms with Crippen molar-refractivity contribution in [3.8, 4) is 11.1 Å². The minimum Gasteiger partial charge on any atom is -0.444 e. The molecule has 2 amide bonds. The normalized spacial score (nSPS) is 12.8. The standard InChI is InChI=1S/C32H41N3O3/c1-5-11-28(16-9-12-24-17-19-27(20-18-24)26-14-7-6-8-15-26)34-30(36)29(22-25-13-10-21-33-23-25)35-31(37)38-32(2,3)4/h6-8,10,13-15,17-21,23,28-29H,5,9,11-12,16,22H2,1-4H3,(H,34,36)(H,35,37)/t28?,29-/m0/s1. The second-order valence-corrected chi connectivity index (χ2v) is 10.7. The lowest BCUT2D eigenvalue weighted by atomic mass is 9.99. The Balaban J connectivity index is 1.58. The van der Waals surface area contributed by atoms with Crippen molar-refractivity contribution >= 4 is 12.0 Å². The molecule has 2 atom stereocenters. The van der Waals surface area contributed by atoms with Crippen LogP contribution in [-0.2, 0) is 22.4 Å². The lowest BCUT2D eigenvalue weighted by Gasteiger charge is -2.25. The van der Waals surface area contributed by atoms with Crippen LogP contribution in [0.4, 0.5) is 4.79 Å². The summed E-state index contributed by atoms with van der Waals surface area (Å²) in [6, 6.07) is 22.1. The van der Waals surface area contributed by atoms with Gasteiger partial charge in [-0.25, -0.2) is 4.79 Å². The van der Waals surface area contributed by atoms with Gasteiger partial charge in [-0.15, -0.1) is 0 Å². The highest BCUT2D eigenvalue weighted by atomic mass is 16.6. The topological polar surface area (TPSA) is 80.3 Å². The van der Waals surface area contributed by atoms with Gasteiger partial charge in [-0.3, -0.25) is 9.78 Å². The molecule has 2 aromatic carbocycles. The van der Waals surface area contributed by atoms with Gasteiger partial charge in [0.1, 0.15) is 11.6 Å². The molecule has 0 saturated heterocycles. The van der Waals surface area contributed by atoms with Crippen LogP contribution in [0, 0.1) is 0 Å². The average molecular weight is 516 g/mol. The fourth-order valence-corrected chi connectivity index (χ4v) is 4.40. The van der Waals surface area contributed by atoms with Crippen LogP contribution in [0.15, 0.2) is 79.1 Å². The van der Waals surface area contributed by atoms with Crippen LogP contribution < -0.4 is 10.6 Å². The summed E-state index contributed by atoms with van der Waals surface area (Å²) in [7, 11) is 0. The SMILES string of the molecule is CCCC(CCCc1ccc(-c2ccccc2)cc1)NC(=O)[C@H](Cc1cccnc1)NC(=O)OC(C)(C)C. The second-order valence-electron chi connectivity index (χ2n) is 10.7. The summed E-state index contributed by atoms with van der Waals surface area (Å²) in [5, 5.41) is 5.96. The third kappa shape index (κ3) is 10.0. The maximum absolute atomic E-state index is 13.3. The molecule has 1 aromatic heterocycles. The number of hydrogen-bond acceptors (Lipinski definition) is 4. The van der Waals surface area contributed by atoms with Crippen molar-refractivity contribution in [2.75, 3.05) is 0 Å². The highest BCUT2D eigenvalue weighted by Gasteiger charge is 2.26. The maximum atomic E-state index is 13.3. The molecule has 0 aliphatic heterocycles. The first kappa shape index (κ1) is 28.9. The van der Waals surface area contributed by atoms with Crippen molar-refractivity contribution in [1.29, 1.82) is 0 Å². The molecule has 0 saturated carbocycles. The number of amides is 2. The van der Waals surface area contributed by atoms with Gasteiger partial charge >= 0.3 is 6.09 Å². The summed E-state index contributed by atoms with van der Waals surface area (Å²) in [6.45, 7) is 7.52. The van der Waals surface area contributed by atoms with E-state index in [0.717, 1.165) is 37.7 Å². The van der Waals surface area contributed by atoms with E-state index in [2.05, 4.69) is 71.1 Å². The molecule has 2 N–H and O–H groups in total. The van der Waals surface area contributed by atoms with Crippen molar-refractivity contribution in [1.82, 2.24) is 15.6 Å². The molecule has 0 aliphatic carbocycles. The minimum atomic E-state index is -0.751. The fourth-order valence-electron chi connectivity index (χ4n) is 4.40. The molecule has 6 heteroatoms. The Morgan fingerprint density at radius 3 is 2.21 bits per heavy atom. The van der Waals surface area contributed by atoms with Crippen LogP contribution in [0.2, 0.25) is 0 Å². The summed E-state index contributed by atoms with van der Waals surface area (Å²) in [5.41, 5.74) is 3.93. The van der Waals surface area contributed by atoms with Gasteiger partial charge in [0.2, 0.25) is 5.91 Å². The van der Waals surface area contributed by atoms with Crippen molar-refractivity contribution in [2.45, 2.75) is 83.9 Å². The first-order valence-electron chi connectivity index (χ1n) is 13.6. The summed E-state index contributed by atoms with van der Waals surface area (Å²) >= 11 is 0. The van der Waals surface area contributed by atoms with Crippen LogP contribution in [-0.4, -0.2) is 34.7 Å². The molecule has 0 bridgehead atoms. The summed E-state index contributed by atoms with van der Waals surface area (Å²) in [5.74, 6) is -0.203. The Morgan fingerprint density at radius 2 is 1.58 bits per heavy atom. The summed E-state index contributed by atoms with van der Waals surface area (Å²) < 4.78 is 5.41. The predicted octanol–water partition coefficient (Wildman–Crippen LogP) is 6.49. The van der Waals surface area contributed by atoms with Gasteiger partial charge in [0.15, 0.2) is 0 Å². The number of hydrogen-bond donors (Lipinski definition) is 2. The minimum absolute atomic E-state index is 0.0351. The Morgan fingerprint density at radius 1 is 0.868 bits per heavy atom. The zero-order valence-corrected chi connectivity index (χ0v) is 23.1. The lowest BCUT2D eigenvalue weighted by Crippen LogP contribution is -2.51. The van der Waals surface area contributed by atoms with E-state index in [4.69, 9.17) is 4.74 Å². The second kappa shape index (κ2) is 14.3. The Labute approximate surface area is 227 Å². The van der Waals surface area contributed by atoms with Crippen LogP contribution in [0.5, 0.6) is 0 Å². The number of carbonyl (C=O) groups is 2. The maximum Gasteiger partial charge on any atom is 0.408 e. The molecule has 0 fully saturated rings. The first-order valence-corrected chi connectivity index (χ1v) is 13.6. The molecule has 0 aliphatic rings. The monoisotopic (exact) mass is 515 g/mol. The highest BCUT2D eigenvalue weighted by Crippen LogP contribution is 2.20. The van der Waals surface area contributed by atoms with E-state index in [1.54, 1.807) is 33.2 Å². The third-order valence-corrected chi connectivity index (χ3v) is 6.23. The summed E-state index contributed by atoms with van der Waals surface area (Å²) in [4.78, 5) is 30.0. The Kier molecular flexibility index (Phi) is 10.9. The zero-order valence-electron chi connectivity index (χ0n) is 23.1. The van der Waals surface area contributed by atoms with E-state index in [0.29, 0.717) is 6.42 Å². The van der Waals surface area contributed by atoms with Crippen molar-refractivity contribution in [3.63, 3.8) is 0 Å². The number of nitrogens with one attached hydrogen (secondary N) is 2. The zero-order chi connectivity index (χ0) is 27.4. The van der Waals surface area contributed by atoms with E-state index < -0.39 is 17.7 Å². The molecule has 1 heterocycles. The lowest BCUT2D eigenvalue weighted by molar-refractivity contribution is -0.124. The van der Waals surface area contributed by atoms with Gasteiger partial charge < -0.3 is 15.4 Å². The molecule has 202 valence electrons. The van der Waals surface area contributed by atoms with Gasteiger partial charge in [-0.2, -0.15) is 0 Å². The van der Waals surface area contributed by atoms with E-state index in [1.165, 1.54) is 16.7 Å². The van der Waals surface area contributed by atoms with Gasteiger partial charge in [-0.05, 0) is 74.8 Å². The van der Waals surface area contributed by atoms with E-state index in [1.807, 2.05) is 18.2 Å². The number of benzene rings is 2. The molecule has 0 radical (unpaired) electrons. The van der Waals surface area contributed by atoms with Gasteiger partial charge in [0.25, 0.3) is 0 Å². The van der Waals surface area contributed by atoms with Gasteiger partial charge in [-0.1, -0.05) is 74.0 Å². The fraction of sp³-hybridized carbons (Fsp3) is 0.406. The van der Waals surface area contributed by atoms with Gasteiger partial charge in [0, 0.05) is 24.9 Å². The van der Waals surface area contributed by atoms with Crippen LogP contribution in [0.25, 0.3) is 11.1 Å². The highest BCUT2D eigenvalue weighted by molar-refractivity contribution is 5.86. The number of nitrogens with zero attached hydrogens (tertiary/aromatic N) is 1. The summed E-state index contributed by atoms with van der Waals surface area (Å²) in [6.07, 6.45) is 7.75. The molecule has 3 rings (SSSR count). The molecule has 1 unspecified atom stereocenters.